The van der Waals surface area contributed by atoms with E-state index in [2.05, 4.69) is 32.0 Å². The Labute approximate surface area is 74.6 Å². The maximum atomic E-state index is 3.85. The molecule has 0 aromatic carbocycles. The molecule has 0 rings (SSSR count). The van der Waals surface area contributed by atoms with Crippen molar-refractivity contribution in [3.8, 4) is 0 Å². The van der Waals surface area contributed by atoms with Gasteiger partial charge in [0.25, 0.3) is 0 Å². The first kappa shape index (κ1) is 11.1. The molecule has 1 nitrogen and oxygen atoms in total. The molecule has 0 aliphatic rings. The van der Waals surface area contributed by atoms with Crippen LogP contribution in [0.25, 0.3) is 0 Å². The normalized spacial score (nSPS) is 13.0. The van der Waals surface area contributed by atoms with E-state index in [1.807, 2.05) is 11.8 Å². The van der Waals surface area contributed by atoms with Gasteiger partial charge in [0.2, 0.25) is 0 Å². The van der Waals surface area contributed by atoms with Crippen LogP contribution in [0.5, 0.6) is 0 Å². The average Bonchev–Trinajstić information content (AvgIpc) is 1.87. The molecule has 0 saturated heterocycles. The summed E-state index contributed by atoms with van der Waals surface area (Å²) in [6, 6.07) is 0.629. The van der Waals surface area contributed by atoms with E-state index in [1.54, 1.807) is 0 Å². The van der Waals surface area contributed by atoms with Crippen molar-refractivity contribution < 1.29 is 0 Å². The van der Waals surface area contributed by atoms with E-state index in [9.17, 15) is 0 Å². The fourth-order valence-electron chi connectivity index (χ4n) is 0.841. The Morgan fingerprint density at radius 3 is 2.73 bits per heavy atom. The van der Waals surface area contributed by atoms with E-state index >= 15 is 0 Å². The molecule has 0 amide bonds. The highest BCUT2D eigenvalue weighted by molar-refractivity contribution is 7.98. The standard InChI is InChI=1S/C9H19NS/c1-8(2)5-6-10-9(3)7-11-4/h9-10H,1,5-7H2,2-4H3. The second-order valence-electron chi connectivity index (χ2n) is 3.02. The molecule has 1 atom stereocenters. The molecule has 0 radical (unpaired) electrons. The zero-order chi connectivity index (χ0) is 8.69. The van der Waals surface area contributed by atoms with Crippen molar-refractivity contribution in [2.45, 2.75) is 26.3 Å². The van der Waals surface area contributed by atoms with Crippen LogP contribution < -0.4 is 5.32 Å². The quantitative estimate of drug-likeness (QED) is 0.619. The zero-order valence-electron chi connectivity index (χ0n) is 7.81. The van der Waals surface area contributed by atoms with Gasteiger partial charge in [-0.2, -0.15) is 11.8 Å². The Hall–Kier alpha value is 0.0500. The molecule has 0 fully saturated rings. The van der Waals surface area contributed by atoms with Gasteiger partial charge in [0.15, 0.2) is 0 Å². The first-order valence-electron chi connectivity index (χ1n) is 4.03. The lowest BCUT2D eigenvalue weighted by atomic mass is 10.2. The Balaban J connectivity index is 3.16. The van der Waals surface area contributed by atoms with E-state index in [-0.39, 0.29) is 0 Å². The third kappa shape index (κ3) is 7.95. The van der Waals surface area contributed by atoms with Gasteiger partial charge in [-0.25, -0.2) is 0 Å². The molecular weight excluding hydrogens is 154 g/mol. The van der Waals surface area contributed by atoms with Crippen LogP contribution in [0.3, 0.4) is 0 Å². The summed E-state index contributed by atoms with van der Waals surface area (Å²) in [4.78, 5) is 0. The summed E-state index contributed by atoms with van der Waals surface area (Å²) >= 11 is 1.88. The van der Waals surface area contributed by atoms with Crippen LogP contribution in [-0.2, 0) is 0 Å². The molecule has 0 spiro atoms. The van der Waals surface area contributed by atoms with Crippen molar-refractivity contribution in [1.82, 2.24) is 5.32 Å². The first-order valence-corrected chi connectivity index (χ1v) is 5.43. The summed E-state index contributed by atoms with van der Waals surface area (Å²) in [7, 11) is 0. The Bertz CT molecular complexity index is 112. The van der Waals surface area contributed by atoms with Crippen LogP contribution in [0, 0.1) is 0 Å². The van der Waals surface area contributed by atoms with Crippen molar-refractivity contribution in [1.29, 1.82) is 0 Å². The smallest absolute Gasteiger partial charge is 0.0129 e. The topological polar surface area (TPSA) is 12.0 Å². The Kier molecular flexibility index (Phi) is 6.77. The molecule has 2 heteroatoms. The lowest BCUT2D eigenvalue weighted by Crippen LogP contribution is -2.29. The van der Waals surface area contributed by atoms with Crippen molar-refractivity contribution in [3.63, 3.8) is 0 Å². The molecule has 0 aliphatic carbocycles. The molecule has 0 heterocycles. The van der Waals surface area contributed by atoms with Crippen LogP contribution in [0.1, 0.15) is 20.3 Å². The van der Waals surface area contributed by atoms with Gasteiger partial charge in [-0.05, 0) is 33.1 Å². The van der Waals surface area contributed by atoms with Gasteiger partial charge < -0.3 is 5.32 Å². The lowest BCUT2D eigenvalue weighted by Gasteiger charge is -2.11. The fourth-order valence-corrected chi connectivity index (χ4v) is 1.46. The fraction of sp³-hybridized carbons (Fsp3) is 0.778. The molecule has 1 unspecified atom stereocenters. The lowest BCUT2D eigenvalue weighted by molar-refractivity contribution is 0.596. The minimum absolute atomic E-state index is 0.629. The highest BCUT2D eigenvalue weighted by atomic mass is 32.2. The summed E-state index contributed by atoms with van der Waals surface area (Å²) in [5.41, 5.74) is 1.26. The predicted molar refractivity (Wildman–Crippen MR) is 55.3 cm³/mol. The summed E-state index contributed by atoms with van der Waals surface area (Å²) in [6.45, 7) is 9.21. The van der Waals surface area contributed by atoms with Crippen LogP contribution in [0.15, 0.2) is 12.2 Å². The molecule has 0 aromatic rings. The number of thioether (sulfide) groups is 1. The van der Waals surface area contributed by atoms with Crippen molar-refractivity contribution >= 4 is 11.8 Å². The monoisotopic (exact) mass is 173 g/mol. The zero-order valence-corrected chi connectivity index (χ0v) is 8.63. The summed E-state index contributed by atoms with van der Waals surface area (Å²) < 4.78 is 0. The summed E-state index contributed by atoms with van der Waals surface area (Å²) in [5.74, 6) is 1.19. The van der Waals surface area contributed by atoms with E-state index in [0.717, 1.165) is 13.0 Å². The van der Waals surface area contributed by atoms with Gasteiger partial charge in [0, 0.05) is 11.8 Å². The van der Waals surface area contributed by atoms with Crippen LogP contribution >= 0.6 is 11.8 Å². The van der Waals surface area contributed by atoms with E-state index in [4.69, 9.17) is 0 Å². The van der Waals surface area contributed by atoms with Gasteiger partial charge in [0.05, 0.1) is 0 Å². The second kappa shape index (κ2) is 6.74. The maximum absolute atomic E-state index is 3.85. The van der Waals surface area contributed by atoms with Crippen molar-refractivity contribution in [3.05, 3.63) is 12.2 Å². The molecule has 0 aromatic heterocycles. The SMILES string of the molecule is C=C(C)CCNC(C)CSC. The maximum Gasteiger partial charge on any atom is 0.0129 e. The summed E-state index contributed by atoms with van der Waals surface area (Å²) in [5, 5.41) is 3.43. The Morgan fingerprint density at radius 2 is 2.27 bits per heavy atom. The third-order valence-electron chi connectivity index (χ3n) is 1.46. The third-order valence-corrected chi connectivity index (χ3v) is 2.29. The minimum Gasteiger partial charge on any atom is -0.313 e. The van der Waals surface area contributed by atoms with Gasteiger partial charge in [-0.3, -0.25) is 0 Å². The number of hydrogen-bond donors (Lipinski definition) is 1. The van der Waals surface area contributed by atoms with E-state index in [1.165, 1.54) is 11.3 Å². The number of hydrogen-bond acceptors (Lipinski definition) is 2. The molecule has 66 valence electrons. The first-order chi connectivity index (χ1) is 5.16. The van der Waals surface area contributed by atoms with Gasteiger partial charge in [-0.1, -0.05) is 5.57 Å². The van der Waals surface area contributed by atoms with Gasteiger partial charge >= 0.3 is 0 Å². The van der Waals surface area contributed by atoms with E-state index in [0.29, 0.717) is 6.04 Å². The van der Waals surface area contributed by atoms with E-state index < -0.39 is 0 Å². The van der Waals surface area contributed by atoms with Crippen LogP contribution in [-0.4, -0.2) is 24.6 Å². The highest BCUT2D eigenvalue weighted by Crippen LogP contribution is 1.97. The molecule has 11 heavy (non-hydrogen) atoms. The van der Waals surface area contributed by atoms with Gasteiger partial charge in [0.1, 0.15) is 0 Å². The van der Waals surface area contributed by atoms with Crippen LogP contribution in [0.4, 0.5) is 0 Å². The van der Waals surface area contributed by atoms with Crippen LogP contribution in [0.2, 0.25) is 0 Å². The van der Waals surface area contributed by atoms with Crippen molar-refractivity contribution in [2.24, 2.45) is 0 Å². The molecular formula is C9H19NS. The average molecular weight is 173 g/mol. The van der Waals surface area contributed by atoms with Crippen molar-refractivity contribution in [2.75, 3.05) is 18.6 Å². The second-order valence-corrected chi connectivity index (χ2v) is 3.93. The molecule has 0 saturated carbocycles. The molecule has 0 bridgehead atoms. The largest absolute Gasteiger partial charge is 0.313 e. The Morgan fingerprint density at radius 1 is 1.64 bits per heavy atom. The minimum atomic E-state index is 0.629. The molecule has 0 aliphatic heterocycles. The predicted octanol–water partition coefficient (Wildman–Crippen LogP) is 2.29. The number of rotatable bonds is 6. The van der Waals surface area contributed by atoms with Gasteiger partial charge in [-0.15, -0.1) is 6.58 Å². The summed E-state index contributed by atoms with van der Waals surface area (Å²) in [6.07, 6.45) is 3.23. The highest BCUT2D eigenvalue weighted by Gasteiger charge is 1.97. The number of nitrogens with one attached hydrogen (secondary N) is 1. The molecule has 1 N–H and O–H groups in total.